The van der Waals surface area contributed by atoms with Crippen LogP contribution >= 0.6 is 11.3 Å². The molecule has 0 aromatic carbocycles. The SMILES string of the molecule is CC(C)c1nc([C@H](C)NC(=O)c2ccnc(N(C)C)c2)cs1. The van der Waals surface area contributed by atoms with Crippen molar-refractivity contribution in [1.29, 1.82) is 0 Å². The molecule has 22 heavy (non-hydrogen) atoms. The number of thiazole rings is 1. The maximum absolute atomic E-state index is 12.4. The molecule has 118 valence electrons. The topological polar surface area (TPSA) is 58.1 Å². The smallest absolute Gasteiger partial charge is 0.251 e. The van der Waals surface area contributed by atoms with Gasteiger partial charge in [0.25, 0.3) is 5.91 Å². The minimum Gasteiger partial charge on any atom is -0.363 e. The van der Waals surface area contributed by atoms with Crippen LogP contribution in [0.25, 0.3) is 0 Å². The van der Waals surface area contributed by atoms with Gasteiger partial charge in [-0.05, 0) is 19.1 Å². The van der Waals surface area contributed by atoms with Gasteiger partial charge in [-0.15, -0.1) is 11.3 Å². The summed E-state index contributed by atoms with van der Waals surface area (Å²) in [7, 11) is 3.80. The Morgan fingerprint density at radius 3 is 2.64 bits per heavy atom. The van der Waals surface area contributed by atoms with Gasteiger partial charge in [0.05, 0.1) is 16.7 Å². The van der Waals surface area contributed by atoms with Crippen LogP contribution in [0.3, 0.4) is 0 Å². The molecule has 1 N–H and O–H groups in total. The quantitative estimate of drug-likeness (QED) is 0.919. The maximum atomic E-state index is 12.4. The highest BCUT2D eigenvalue weighted by molar-refractivity contribution is 7.09. The summed E-state index contributed by atoms with van der Waals surface area (Å²) in [6.45, 7) is 6.18. The van der Waals surface area contributed by atoms with Crippen molar-refractivity contribution < 1.29 is 4.79 Å². The molecule has 0 fully saturated rings. The minimum absolute atomic E-state index is 0.114. The number of pyridine rings is 1. The number of aromatic nitrogens is 2. The minimum atomic E-state index is -0.118. The van der Waals surface area contributed by atoms with E-state index in [2.05, 4.69) is 29.1 Å². The van der Waals surface area contributed by atoms with Crippen LogP contribution in [0.1, 0.15) is 53.8 Å². The van der Waals surface area contributed by atoms with Gasteiger partial charge in [-0.1, -0.05) is 13.8 Å². The molecule has 0 saturated carbocycles. The average Bonchev–Trinajstić information content (AvgIpc) is 2.97. The van der Waals surface area contributed by atoms with Crippen LogP contribution in [0, 0.1) is 0 Å². The van der Waals surface area contributed by atoms with Crippen LogP contribution < -0.4 is 10.2 Å². The second kappa shape index (κ2) is 6.87. The summed E-state index contributed by atoms with van der Waals surface area (Å²) in [6.07, 6.45) is 1.65. The van der Waals surface area contributed by atoms with E-state index in [-0.39, 0.29) is 11.9 Å². The van der Waals surface area contributed by atoms with Crippen LogP contribution in [-0.2, 0) is 0 Å². The molecule has 0 aliphatic heterocycles. The van der Waals surface area contributed by atoms with Gasteiger partial charge in [0.1, 0.15) is 5.82 Å². The van der Waals surface area contributed by atoms with E-state index >= 15 is 0 Å². The van der Waals surface area contributed by atoms with E-state index in [9.17, 15) is 4.79 Å². The molecule has 2 heterocycles. The van der Waals surface area contributed by atoms with Gasteiger partial charge in [0, 0.05) is 37.2 Å². The van der Waals surface area contributed by atoms with Crippen LogP contribution in [0.2, 0.25) is 0 Å². The van der Waals surface area contributed by atoms with Crippen molar-refractivity contribution >= 4 is 23.1 Å². The van der Waals surface area contributed by atoms with Crippen molar-refractivity contribution in [1.82, 2.24) is 15.3 Å². The van der Waals surface area contributed by atoms with E-state index in [0.29, 0.717) is 11.5 Å². The summed E-state index contributed by atoms with van der Waals surface area (Å²) in [6, 6.07) is 3.38. The molecule has 0 saturated heterocycles. The second-order valence-electron chi connectivity index (χ2n) is 5.76. The highest BCUT2D eigenvalue weighted by Crippen LogP contribution is 2.23. The number of carbonyl (C=O) groups is 1. The van der Waals surface area contributed by atoms with Crippen molar-refractivity contribution in [3.8, 4) is 0 Å². The number of hydrogen-bond acceptors (Lipinski definition) is 5. The van der Waals surface area contributed by atoms with Gasteiger partial charge >= 0.3 is 0 Å². The predicted octanol–water partition coefficient (Wildman–Crippen LogP) is 3.22. The predicted molar refractivity (Wildman–Crippen MR) is 90.6 cm³/mol. The summed E-state index contributed by atoms with van der Waals surface area (Å²) in [5.41, 5.74) is 1.51. The van der Waals surface area contributed by atoms with Gasteiger partial charge in [0.15, 0.2) is 0 Å². The zero-order valence-corrected chi connectivity index (χ0v) is 14.4. The Hall–Kier alpha value is -1.95. The van der Waals surface area contributed by atoms with E-state index in [0.717, 1.165) is 16.5 Å². The van der Waals surface area contributed by atoms with Gasteiger partial charge < -0.3 is 10.2 Å². The number of nitrogens with zero attached hydrogens (tertiary/aromatic N) is 3. The summed E-state index contributed by atoms with van der Waals surface area (Å²) in [4.78, 5) is 23.0. The molecule has 2 aromatic rings. The molecular weight excluding hydrogens is 296 g/mol. The maximum Gasteiger partial charge on any atom is 0.251 e. The molecule has 0 unspecified atom stereocenters. The van der Waals surface area contributed by atoms with E-state index < -0.39 is 0 Å². The van der Waals surface area contributed by atoms with Crippen LogP contribution in [0.5, 0.6) is 0 Å². The number of hydrogen-bond donors (Lipinski definition) is 1. The fraction of sp³-hybridized carbons (Fsp3) is 0.438. The van der Waals surface area contributed by atoms with Gasteiger partial charge in [0.2, 0.25) is 0 Å². The Bertz CT molecular complexity index is 651. The first-order chi connectivity index (χ1) is 10.4. The third-order valence-corrected chi connectivity index (χ3v) is 4.45. The third-order valence-electron chi connectivity index (χ3n) is 3.29. The summed E-state index contributed by atoms with van der Waals surface area (Å²) in [5.74, 6) is 1.05. The van der Waals surface area contributed by atoms with Crippen molar-refractivity contribution in [2.45, 2.75) is 32.7 Å². The van der Waals surface area contributed by atoms with Crippen molar-refractivity contribution in [2.75, 3.05) is 19.0 Å². The Morgan fingerprint density at radius 1 is 1.32 bits per heavy atom. The molecule has 0 bridgehead atoms. The van der Waals surface area contributed by atoms with Crippen LogP contribution in [0.15, 0.2) is 23.7 Å². The zero-order valence-electron chi connectivity index (χ0n) is 13.6. The van der Waals surface area contributed by atoms with E-state index in [1.807, 2.05) is 31.3 Å². The standard InChI is InChI=1S/C16H22N4OS/c1-10(2)16-19-13(9-22-16)11(3)18-15(21)12-6-7-17-14(8-12)20(4)5/h6-11H,1-5H3,(H,18,21)/t11-/m0/s1. The largest absolute Gasteiger partial charge is 0.363 e. The van der Waals surface area contributed by atoms with Crippen molar-refractivity contribution in [2.24, 2.45) is 0 Å². The monoisotopic (exact) mass is 318 g/mol. The highest BCUT2D eigenvalue weighted by atomic mass is 32.1. The number of rotatable bonds is 5. The molecular formula is C16H22N4OS. The first kappa shape index (κ1) is 16.4. The third kappa shape index (κ3) is 3.82. The molecule has 1 amide bonds. The number of amides is 1. The Labute approximate surface area is 135 Å². The van der Waals surface area contributed by atoms with Crippen LogP contribution in [-0.4, -0.2) is 30.0 Å². The van der Waals surface area contributed by atoms with E-state index in [1.54, 1.807) is 29.7 Å². The lowest BCUT2D eigenvalue weighted by Gasteiger charge is -2.14. The van der Waals surface area contributed by atoms with E-state index in [4.69, 9.17) is 0 Å². The Kier molecular flexibility index (Phi) is 5.13. The molecule has 2 aromatic heterocycles. The number of anilines is 1. The lowest BCUT2D eigenvalue weighted by atomic mass is 10.2. The van der Waals surface area contributed by atoms with Gasteiger partial charge in [-0.25, -0.2) is 9.97 Å². The molecule has 1 atom stereocenters. The Morgan fingerprint density at radius 2 is 2.05 bits per heavy atom. The first-order valence-corrected chi connectivity index (χ1v) is 8.16. The lowest BCUT2D eigenvalue weighted by Crippen LogP contribution is -2.27. The van der Waals surface area contributed by atoms with Crippen molar-refractivity contribution in [3.63, 3.8) is 0 Å². The molecule has 6 heteroatoms. The van der Waals surface area contributed by atoms with Gasteiger partial charge in [-0.2, -0.15) is 0 Å². The zero-order chi connectivity index (χ0) is 16.3. The molecule has 2 rings (SSSR count). The molecule has 0 aliphatic carbocycles. The Balaban J connectivity index is 2.08. The summed E-state index contributed by atoms with van der Waals surface area (Å²) in [5, 5.41) is 6.09. The molecule has 0 spiro atoms. The summed E-state index contributed by atoms with van der Waals surface area (Å²) >= 11 is 1.64. The highest BCUT2D eigenvalue weighted by Gasteiger charge is 2.16. The normalized spacial score (nSPS) is 12.3. The van der Waals surface area contributed by atoms with Gasteiger partial charge in [-0.3, -0.25) is 4.79 Å². The second-order valence-corrected chi connectivity index (χ2v) is 6.65. The van der Waals surface area contributed by atoms with Crippen molar-refractivity contribution in [3.05, 3.63) is 40.0 Å². The number of nitrogens with one attached hydrogen (secondary N) is 1. The number of carbonyl (C=O) groups excluding carboxylic acids is 1. The van der Waals surface area contributed by atoms with E-state index in [1.165, 1.54) is 0 Å². The fourth-order valence-corrected chi connectivity index (χ4v) is 2.85. The van der Waals surface area contributed by atoms with Crippen LogP contribution in [0.4, 0.5) is 5.82 Å². The molecule has 5 nitrogen and oxygen atoms in total. The average molecular weight is 318 g/mol. The molecule has 0 aliphatic rings. The fourth-order valence-electron chi connectivity index (χ4n) is 1.92. The molecule has 0 radical (unpaired) electrons. The lowest BCUT2D eigenvalue weighted by molar-refractivity contribution is 0.0939. The first-order valence-electron chi connectivity index (χ1n) is 7.28. The summed E-state index contributed by atoms with van der Waals surface area (Å²) < 4.78 is 0.